The molecule has 0 aliphatic carbocycles. The van der Waals surface area contributed by atoms with Crippen LogP contribution in [0.15, 0.2) is 67.4 Å². The highest BCUT2D eigenvalue weighted by Gasteiger charge is 2.17. The van der Waals surface area contributed by atoms with Gasteiger partial charge in [-0.15, -0.1) is 0 Å². The Hall–Kier alpha value is -4.09. The maximum Gasteiger partial charge on any atom is 0.137 e. The number of benzene rings is 2. The standard InChI is InChI=1S/C26H24N6O2/c27-15-22-14-21(5-6-25(22)34-23-8-11-33-12-9-23)24-7-10-29-26(31-24)13-19-1-3-20(4-2-19)16-32-18-28-17-30-32/h1-7,10,14,17-18,23H,8-9,11-13,16H2. The molecule has 0 amide bonds. The van der Waals surface area contributed by atoms with Gasteiger partial charge in [0.2, 0.25) is 0 Å². The van der Waals surface area contributed by atoms with Gasteiger partial charge < -0.3 is 9.47 Å². The number of nitrogens with zero attached hydrogens (tertiary/aromatic N) is 6. The minimum atomic E-state index is 0.0833. The van der Waals surface area contributed by atoms with Gasteiger partial charge >= 0.3 is 0 Å². The van der Waals surface area contributed by atoms with E-state index in [1.165, 1.54) is 6.33 Å². The van der Waals surface area contributed by atoms with E-state index in [0.29, 0.717) is 37.5 Å². The fraction of sp³-hybridized carbons (Fsp3) is 0.269. The Morgan fingerprint density at radius 1 is 1.06 bits per heavy atom. The fourth-order valence-corrected chi connectivity index (χ4v) is 3.94. The lowest BCUT2D eigenvalue weighted by Crippen LogP contribution is -2.26. The van der Waals surface area contributed by atoms with Crippen molar-refractivity contribution in [1.82, 2.24) is 24.7 Å². The molecule has 8 heteroatoms. The van der Waals surface area contributed by atoms with Crippen molar-refractivity contribution >= 4 is 0 Å². The van der Waals surface area contributed by atoms with Crippen LogP contribution in [0.4, 0.5) is 0 Å². The molecule has 1 aliphatic heterocycles. The quantitative estimate of drug-likeness (QED) is 0.420. The van der Waals surface area contributed by atoms with Crippen LogP contribution >= 0.6 is 0 Å². The van der Waals surface area contributed by atoms with E-state index < -0.39 is 0 Å². The second-order valence-corrected chi connectivity index (χ2v) is 8.20. The monoisotopic (exact) mass is 452 g/mol. The summed E-state index contributed by atoms with van der Waals surface area (Å²) in [6.45, 7) is 2.07. The minimum absolute atomic E-state index is 0.0833. The number of rotatable bonds is 7. The zero-order valence-corrected chi connectivity index (χ0v) is 18.7. The lowest BCUT2D eigenvalue weighted by atomic mass is 10.1. The molecule has 1 aliphatic rings. The Morgan fingerprint density at radius 3 is 2.65 bits per heavy atom. The summed E-state index contributed by atoms with van der Waals surface area (Å²) in [5.74, 6) is 1.33. The maximum atomic E-state index is 9.68. The van der Waals surface area contributed by atoms with Gasteiger partial charge in [0.05, 0.1) is 31.0 Å². The molecular formula is C26H24N6O2. The maximum absolute atomic E-state index is 9.68. The van der Waals surface area contributed by atoms with E-state index in [0.717, 1.165) is 41.1 Å². The summed E-state index contributed by atoms with van der Waals surface area (Å²) in [4.78, 5) is 13.2. The van der Waals surface area contributed by atoms with Gasteiger partial charge in [0.25, 0.3) is 0 Å². The van der Waals surface area contributed by atoms with E-state index in [4.69, 9.17) is 14.5 Å². The number of nitriles is 1. The van der Waals surface area contributed by atoms with Crippen molar-refractivity contribution in [2.75, 3.05) is 13.2 Å². The van der Waals surface area contributed by atoms with Gasteiger partial charge in [-0.1, -0.05) is 24.3 Å². The third-order valence-corrected chi connectivity index (χ3v) is 5.76. The molecular weight excluding hydrogens is 428 g/mol. The first kappa shape index (κ1) is 21.7. The third-order valence-electron chi connectivity index (χ3n) is 5.76. The summed E-state index contributed by atoms with van der Waals surface area (Å²) >= 11 is 0. The van der Waals surface area contributed by atoms with Gasteiger partial charge in [0, 0.05) is 31.0 Å². The summed E-state index contributed by atoms with van der Waals surface area (Å²) in [5.41, 5.74) is 4.42. The first-order valence-electron chi connectivity index (χ1n) is 11.3. The number of aromatic nitrogens is 5. The molecule has 3 heterocycles. The van der Waals surface area contributed by atoms with Gasteiger partial charge in [-0.05, 0) is 35.4 Å². The lowest BCUT2D eigenvalue weighted by molar-refractivity contribution is 0.0254. The average Bonchev–Trinajstić information content (AvgIpc) is 3.39. The second kappa shape index (κ2) is 10.2. The zero-order valence-electron chi connectivity index (χ0n) is 18.7. The van der Waals surface area contributed by atoms with Crippen molar-refractivity contribution in [3.63, 3.8) is 0 Å². The van der Waals surface area contributed by atoms with Gasteiger partial charge in [0.1, 0.15) is 36.4 Å². The Bertz CT molecular complexity index is 1280. The molecule has 2 aromatic carbocycles. The summed E-state index contributed by atoms with van der Waals surface area (Å²) in [7, 11) is 0. The summed E-state index contributed by atoms with van der Waals surface area (Å²) in [5, 5.41) is 13.8. The largest absolute Gasteiger partial charge is 0.489 e. The smallest absolute Gasteiger partial charge is 0.137 e. The highest BCUT2D eigenvalue weighted by molar-refractivity contribution is 5.64. The van der Waals surface area contributed by atoms with E-state index in [1.54, 1.807) is 17.2 Å². The summed E-state index contributed by atoms with van der Waals surface area (Å²) in [6, 6.07) is 18.1. The van der Waals surface area contributed by atoms with Crippen LogP contribution in [0, 0.1) is 11.3 Å². The van der Waals surface area contributed by atoms with Crippen molar-refractivity contribution in [2.24, 2.45) is 0 Å². The predicted octanol–water partition coefficient (Wildman–Crippen LogP) is 3.80. The van der Waals surface area contributed by atoms with Crippen LogP contribution in [0.1, 0.15) is 35.4 Å². The molecule has 170 valence electrons. The highest BCUT2D eigenvalue weighted by atomic mass is 16.5. The Kier molecular flexibility index (Phi) is 6.54. The first-order valence-corrected chi connectivity index (χ1v) is 11.3. The van der Waals surface area contributed by atoms with Gasteiger partial charge in [-0.3, -0.25) is 0 Å². The van der Waals surface area contributed by atoms with E-state index in [2.05, 4.69) is 45.4 Å². The molecule has 8 nitrogen and oxygen atoms in total. The van der Waals surface area contributed by atoms with E-state index in [1.807, 2.05) is 24.3 Å². The van der Waals surface area contributed by atoms with Gasteiger partial charge in [0.15, 0.2) is 0 Å². The van der Waals surface area contributed by atoms with Gasteiger partial charge in [-0.2, -0.15) is 10.4 Å². The molecule has 1 fully saturated rings. The number of hydrogen-bond donors (Lipinski definition) is 0. The molecule has 0 bridgehead atoms. The molecule has 5 rings (SSSR count). The Labute approximate surface area is 197 Å². The van der Waals surface area contributed by atoms with Crippen LogP contribution in [0.3, 0.4) is 0 Å². The summed E-state index contributed by atoms with van der Waals surface area (Å²) < 4.78 is 13.2. The summed E-state index contributed by atoms with van der Waals surface area (Å²) in [6.07, 6.45) is 7.37. The molecule has 0 N–H and O–H groups in total. The molecule has 0 atom stereocenters. The Morgan fingerprint density at radius 2 is 1.88 bits per heavy atom. The number of ether oxygens (including phenoxy) is 2. The SMILES string of the molecule is N#Cc1cc(-c2ccnc(Cc3ccc(Cn4cncn4)cc3)n2)ccc1OC1CCOCC1. The van der Waals surface area contributed by atoms with Crippen molar-refractivity contribution in [2.45, 2.75) is 31.9 Å². The van der Waals surface area contributed by atoms with Gasteiger partial charge in [-0.25, -0.2) is 19.6 Å². The molecule has 34 heavy (non-hydrogen) atoms. The van der Waals surface area contributed by atoms with Crippen LogP contribution in [0.5, 0.6) is 5.75 Å². The Balaban J connectivity index is 1.29. The average molecular weight is 453 g/mol. The van der Waals surface area contributed by atoms with Crippen LogP contribution in [-0.4, -0.2) is 44.1 Å². The third kappa shape index (κ3) is 5.27. The molecule has 0 spiro atoms. The van der Waals surface area contributed by atoms with E-state index in [-0.39, 0.29) is 6.10 Å². The van der Waals surface area contributed by atoms with Crippen LogP contribution in [-0.2, 0) is 17.7 Å². The molecule has 0 radical (unpaired) electrons. The topological polar surface area (TPSA) is 98.7 Å². The van der Waals surface area contributed by atoms with E-state index in [9.17, 15) is 5.26 Å². The van der Waals surface area contributed by atoms with Crippen molar-refractivity contribution in [1.29, 1.82) is 5.26 Å². The van der Waals surface area contributed by atoms with Crippen LogP contribution < -0.4 is 4.74 Å². The van der Waals surface area contributed by atoms with Crippen molar-refractivity contribution in [3.8, 4) is 23.1 Å². The van der Waals surface area contributed by atoms with E-state index >= 15 is 0 Å². The minimum Gasteiger partial charge on any atom is -0.489 e. The van der Waals surface area contributed by atoms with Crippen LogP contribution in [0.2, 0.25) is 0 Å². The first-order chi connectivity index (χ1) is 16.8. The molecule has 1 saturated heterocycles. The molecule has 2 aromatic heterocycles. The zero-order chi connectivity index (χ0) is 23.2. The molecule has 0 saturated carbocycles. The van der Waals surface area contributed by atoms with Crippen LogP contribution in [0.25, 0.3) is 11.3 Å². The predicted molar refractivity (Wildman–Crippen MR) is 125 cm³/mol. The van der Waals surface area contributed by atoms with Crippen molar-refractivity contribution in [3.05, 3.63) is 89.9 Å². The second-order valence-electron chi connectivity index (χ2n) is 8.20. The highest BCUT2D eigenvalue weighted by Crippen LogP contribution is 2.27. The fourth-order valence-electron chi connectivity index (χ4n) is 3.94. The molecule has 4 aromatic rings. The normalized spacial score (nSPS) is 14.0. The molecule has 0 unspecified atom stereocenters. The van der Waals surface area contributed by atoms with Crippen molar-refractivity contribution < 1.29 is 9.47 Å². The number of hydrogen-bond acceptors (Lipinski definition) is 7. The lowest BCUT2D eigenvalue weighted by Gasteiger charge is -2.23.